The zero-order valence-corrected chi connectivity index (χ0v) is 11.2. The number of carboxylic acids is 1. The molecule has 110 valence electrons. The molecule has 0 saturated carbocycles. The average molecular weight is 289 g/mol. The Morgan fingerprint density at radius 1 is 1.29 bits per heavy atom. The quantitative estimate of drug-likeness (QED) is 0.737. The lowest BCUT2D eigenvalue weighted by molar-refractivity contribution is -0.137. The summed E-state index contributed by atoms with van der Waals surface area (Å²) < 4.78 is 0. The van der Waals surface area contributed by atoms with Crippen LogP contribution in [0.25, 0.3) is 0 Å². The minimum Gasteiger partial charge on any atom is -0.481 e. The fourth-order valence-electron chi connectivity index (χ4n) is 1.99. The molecule has 1 atom stereocenters. The van der Waals surface area contributed by atoms with Crippen LogP contribution in [0, 0.1) is 0 Å². The number of rotatable bonds is 5. The van der Waals surface area contributed by atoms with Crippen molar-refractivity contribution in [3.8, 4) is 0 Å². The maximum Gasteiger partial charge on any atom is 0.305 e. The lowest BCUT2D eigenvalue weighted by atomic mass is 10.0. The Balaban J connectivity index is 2.10. The van der Waals surface area contributed by atoms with Crippen molar-refractivity contribution < 1.29 is 19.5 Å². The van der Waals surface area contributed by atoms with Crippen molar-refractivity contribution in [2.45, 2.75) is 25.3 Å². The number of hydrogen-bond acceptors (Lipinski definition) is 4. The van der Waals surface area contributed by atoms with Crippen molar-refractivity contribution in [2.75, 3.05) is 0 Å². The summed E-state index contributed by atoms with van der Waals surface area (Å²) in [6.45, 7) is 0. The molecule has 2 rings (SSSR count). The highest BCUT2D eigenvalue weighted by molar-refractivity contribution is 6.39. The van der Waals surface area contributed by atoms with Gasteiger partial charge in [0.25, 0.3) is 5.91 Å². The van der Waals surface area contributed by atoms with E-state index in [9.17, 15) is 14.4 Å². The van der Waals surface area contributed by atoms with Crippen LogP contribution in [-0.4, -0.2) is 28.6 Å². The van der Waals surface area contributed by atoms with Gasteiger partial charge >= 0.3 is 5.97 Å². The molecule has 0 bridgehead atoms. The fraction of sp³-hybridized carbons (Fsp3) is 0.286. The molecule has 7 nitrogen and oxygen atoms in total. The summed E-state index contributed by atoms with van der Waals surface area (Å²) in [6, 6.07) is 8.21. The second kappa shape index (κ2) is 6.65. The molecule has 1 heterocycles. The summed E-state index contributed by atoms with van der Waals surface area (Å²) in [5.74, 6) is -1.72. The summed E-state index contributed by atoms with van der Waals surface area (Å²) in [7, 11) is 0. The highest BCUT2D eigenvalue weighted by Crippen LogP contribution is 2.17. The monoisotopic (exact) mass is 289 g/mol. The van der Waals surface area contributed by atoms with Crippen molar-refractivity contribution in [3.05, 3.63) is 35.9 Å². The van der Waals surface area contributed by atoms with Gasteiger partial charge in [-0.15, -0.1) is 0 Å². The van der Waals surface area contributed by atoms with Crippen molar-refractivity contribution in [1.82, 2.24) is 10.7 Å². The minimum atomic E-state index is -1.01. The van der Waals surface area contributed by atoms with Gasteiger partial charge in [-0.25, -0.2) is 5.43 Å². The summed E-state index contributed by atoms with van der Waals surface area (Å²) in [5.41, 5.74) is 3.14. The van der Waals surface area contributed by atoms with Crippen LogP contribution in [0.15, 0.2) is 35.4 Å². The standard InChI is InChI=1S/C14H15N3O4/c18-12-7-6-10(16-17-12)14(21)15-11(8-13(19)20)9-4-2-1-3-5-9/h1-5,11H,6-8H2,(H,15,21)(H,17,18)(H,19,20). The number of carbonyl (C=O) groups excluding carboxylic acids is 2. The second-order valence-corrected chi connectivity index (χ2v) is 4.63. The number of hydrogen-bond donors (Lipinski definition) is 3. The van der Waals surface area contributed by atoms with Crippen molar-refractivity contribution in [2.24, 2.45) is 5.10 Å². The Kier molecular flexibility index (Phi) is 4.65. The van der Waals surface area contributed by atoms with E-state index in [1.165, 1.54) is 0 Å². The predicted molar refractivity (Wildman–Crippen MR) is 74.4 cm³/mol. The van der Waals surface area contributed by atoms with Gasteiger partial charge < -0.3 is 10.4 Å². The number of nitrogens with one attached hydrogen (secondary N) is 2. The van der Waals surface area contributed by atoms with E-state index in [-0.39, 0.29) is 30.9 Å². The zero-order valence-electron chi connectivity index (χ0n) is 11.2. The summed E-state index contributed by atoms with van der Waals surface area (Å²) in [4.78, 5) is 34.0. The van der Waals surface area contributed by atoms with Gasteiger partial charge in [0.2, 0.25) is 5.91 Å². The highest BCUT2D eigenvalue weighted by Gasteiger charge is 2.23. The van der Waals surface area contributed by atoms with E-state index >= 15 is 0 Å². The molecular weight excluding hydrogens is 274 g/mol. The molecule has 1 unspecified atom stereocenters. The van der Waals surface area contributed by atoms with Gasteiger partial charge in [-0.05, 0) is 5.56 Å². The van der Waals surface area contributed by atoms with E-state index in [4.69, 9.17) is 5.11 Å². The van der Waals surface area contributed by atoms with Crippen LogP contribution in [-0.2, 0) is 14.4 Å². The number of carbonyl (C=O) groups is 3. The smallest absolute Gasteiger partial charge is 0.305 e. The molecule has 1 aliphatic rings. The van der Waals surface area contributed by atoms with Crippen LogP contribution < -0.4 is 10.7 Å². The lowest BCUT2D eigenvalue weighted by Gasteiger charge is -2.19. The molecule has 0 spiro atoms. The third kappa shape index (κ3) is 4.13. The van der Waals surface area contributed by atoms with Gasteiger partial charge in [-0.2, -0.15) is 5.10 Å². The van der Waals surface area contributed by atoms with Gasteiger partial charge in [0.1, 0.15) is 5.71 Å². The second-order valence-electron chi connectivity index (χ2n) is 4.63. The van der Waals surface area contributed by atoms with E-state index in [2.05, 4.69) is 15.8 Å². The average Bonchev–Trinajstić information content (AvgIpc) is 2.47. The van der Waals surface area contributed by atoms with Crippen molar-refractivity contribution in [1.29, 1.82) is 0 Å². The largest absolute Gasteiger partial charge is 0.481 e. The Morgan fingerprint density at radius 3 is 2.57 bits per heavy atom. The molecule has 0 fully saturated rings. The molecule has 1 aromatic carbocycles. The molecule has 3 N–H and O–H groups in total. The molecule has 0 aliphatic carbocycles. The van der Waals surface area contributed by atoms with E-state index in [1.807, 2.05) is 6.07 Å². The first kappa shape index (κ1) is 14.7. The Morgan fingerprint density at radius 2 is 2.00 bits per heavy atom. The number of aliphatic carboxylic acids is 1. The van der Waals surface area contributed by atoms with Crippen LogP contribution in [0.3, 0.4) is 0 Å². The first-order valence-electron chi connectivity index (χ1n) is 6.49. The first-order valence-corrected chi connectivity index (χ1v) is 6.49. The molecule has 1 aromatic rings. The molecule has 0 saturated heterocycles. The maximum atomic E-state index is 12.1. The van der Waals surface area contributed by atoms with Gasteiger partial charge in [0.15, 0.2) is 0 Å². The minimum absolute atomic E-state index is 0.195. The highest BCUT2D eigenvalue weighted by atomic mass is 16.4. The molecule has 0 aromatic heterocycles. The fourth-order valence-corrected chi connectivity index (χ4v) is 1.99. The van der Waals surface area contributed by atoms with Gasteiger partial charge in [-0.1, -0.05) is 30.3 Å². The molecule has 2 amide bonds. The van der Waals surface area contributed by atoms with E-state index in [0.717, 1.165) is 0 Å². The molecule has 7 heteroatoms. The maximum absolute atomic E-state index is 12.1. The third-order valence-corrected chi connectivity index (χ3v) is 3.05. The number of benzene rings is 1. The van der Waals surface area contributed by atoms with Crippen LogP contribution in [0.1, 0.15) is 30.9 Å². The predicted octanol–water partition coefficient (Wildman–Crippen LogP) is 0.585. The van der Waals surface area contributed by atoms with Crippen LogP contribution in [0.2, 0.25) is 0 Å². The number of amides is 2. The summed E-state index contributed by atoms with van der Waals surface area (Å²) >= 11 is 0. The zero-order chi connectivity index (χ0) is 15.2. The molecule has 0 radical (unpaired) electrons. The van der Waals surface area contributed by atoms with E-state index < -0.39 is 17.9 Å². The molecule has 1 aliphatic heterocycles. The number of carboxylic acid groups (broad SMARTS) is 1. The van der Waals surface area contributed by atoms with Crippen molar-refractivity contribution in [3.63, 3.8) is 0 Å². The van der Waals surface area contributed by atoms with Crippen LogP contribution in [0.4, 0.5) is 0 Å². The topological polar surface area (TPSA) is 108 Å². The van der Waals surface area contributed by atoms with Crippen molar-refractivity contribution >= 4 is 23.5 Å². The van der Waals surface area contributed by atoms with Crippen LogP contribution >= 0.6 is 0 Å². The molecule has 21 heavy (non-hydrogen) atoms. The third-order valence-electron chi connectivity index (χ3n) is 3.05. The van der Waals surface area contributed by atoms with Crippen LogP contribution in [0.5, 0.6) is 0 Å². The Hall–Kier alpha value is -2.70. The van der Waals surface area contributed by atoms with E-state index in [0.29, 0.717) is 5.56 Å². The summed E-state index contributed by atoms with van der Waals surface area (Å²) in [5, 5.41) is 15.3. The number of hydrazone groups is 1. The Labute approximate surface area is 121 Å². The summed E-state index contributed by atoms with van der Waals surface area (Å²) in [6.07, 6.45) is 0.211. The van der Waals surface area contributed by atoms with Gasteiger partial charge in [-0.3, -0.25) is 14.4 Å². The molecular formula is C14H15N3O4. The number of nitrogens with zero attached hydrogens (tertiary/aromatic N) is 1. The Bertz CT molecular complexity index is 583. The SMILES string of the molecule is O=C(O)CC(NC(=O)C1=NNC(=O)CC1)c1ccccc1. The van der Waals surface area contributed by atoms with Gasteiger partial charge in [0, 0.05) is 12.8 Å². The van der Waals surface area contributed by atoms with E-state index in [1.54, 1.807) is 24.3 Å². The van der Waals surface area contributed by atoms with Gasteiger partial charge in [0.05, 0.1) is 12.5 Å². The first-order chi connectivity index (χ1) is 10.1. The normalized spacial score (nSPS) is 15.6. The lowest BCUT2D eigenvalue weighted by Crippen LogP contribution is -2.39.